The average molecular weight is 249 g/mol. The van der Waals surface area contributed by atoms with Crippen LogP contribution in [-0.4, -0.2) is 37.1 Å². The maximum absolute atomic E-state index is 13.8. The Morgan fingerprint density at radius 1 is 1.28 bits per heavy atom. The summed E-state index contributed by atoms with van der Waals surface area (Å²) < 4.78 is 13.8. The van der Waals surface area contributed by atoms with Crippen LogP contribution in [0.3, 0.4) is 0 Å². The van der Waals surface area contributed by atoms with Gasteiger partial charge in [0.05, 0.1) is 0 Å². The van der Waals surface area contributed by atoms with Crippen LogP contribution < -0.4 is 10.6 Å². The number of rotatable bonds is 2. The van der Waals surface area contributed by atoms with Gasteiger partial charge in [0.2, 0.25) is 0 Å². The van der Waals surface area contributed by atoms with Gasteiger partial charge in [-0.1, -0.05) is 6.07 Å². The molecule has 2 N–H and O–H groups in total. The third kappa shape index (κ3) is 1.99. The van der Waals surface area contributed by atoms with Crippen LogP contribution in [0.1, 0.15) is 18.4 Å². The maximum atomic E-state index is 13.8. The predicted octanol–water partition coefficient (Wildman–Crippen LogP) is 1.57. The molecular weight excluding hydrogens is 229 g/mol. The van der Waals surface area contributed by atoms with Gasteiger partial charge in [0.15, 0.2) is 0 Å². The molecule has 3 nitrogen and oxygen atoms in total. The number of halogens is 1. The molecule has 0 radical (unpaired) electrons. The van der Waals surface area contributed by atoms with Crippen molar-refractivity contribution in [2.24, 2.45) is 5.73 Å². The molecule has 2 aliphatic rings. The van der Waals surface area contributed by atoms with E-state index in [1.165, 1.54) is 25.5 Å². The van der Waals surface area contributed by atoms with E-state index in [2.05, 4.69) is 9.80 Å². The van der Waals surface area contributed by atoms with Crippen LogP contribution in [0, 0.1) is 5.82 Å². The fourth-order valence-corrected chi connectivity index (χ4v) is 3.26. The summed E-state index contributed by atoms with van der Waals surface area (Å²) in [6.45, 7) is 4.58. The molecule has 1 unspecified atom stereocenters. The van der Waals surface area contributed by atoms with Gasteiger partial charge in [-0.2, -0.15) is 0 Å². The van der Waals surface area contributed by atoms with Crippen molar-refractivity contribution >= 4 is 5.69 Å². The molecule has 3 rings (SSSR count). The van der Waals surface area contributed by atoms with E-state index in [0.717, 1.165) is 25.3 Å². The minimum atomic E-state index is -0.177. The summed E-state index contributed by atoms with van der Waals surface area (Å²) in [6, 6.07) is 5.92. The fourth-order valence-electron chi connectivity index (χ4n) is 3.26. The van der Waals surface area contributed by atoms with Crippen LogP contribution in [0.4, 0.5) is 10.1 Å². The molecule has 0 aromatic heterocycles. The highest BCUT2D eigenvalue weighted by Crippen LogP contribution is 2.28. The molecule has 0 aliphatic carbocycles. The van der Waals surface area contributed by atoms with Crippen molar-refractivity contribution in [3.05, 3.63) is 29.6 Å². The summed E-state index contributed by atoms with van der Waals surface area (Å²) in [6.07, 6.45) is 2.56. The number of benzene rings is 1. The summed E-state index contributed by atoms with van der Waals surface area (Å²) in [5.41, 5.74) is 7.33. The zero-order valence-electron chi connectivity index (χ0n) is 10.6. The topological polar surface area (TPSA) is 32.5 Å². The number of nitrogens with zero attached hydrogens (tertiary/aromatic N) is 2. The van der Waals surface area contributed by atoms with Crippen molar-refractivity contribution in [3.63, 3.8) is 0 Å². The van der Waals surface area contributed by atoms with Crippen LogP contribution in [0.2, 0.25) is 0 Å². The lowest BCUT2D eigenvalue weighted by molar-refractivity contribution is 0.230. The summed E-state index contributed by atoms with van der Waals surface area (Å²) in [5.74, 6) is -0.177. The first-order valence-electron chi connectivity index (χ1n) is 6.76. The second kappa shape index (κ2) is 4.86. The Labute approximate surface area is 107 Å². The van der Waals surface area contributed by atoms with Crippen LogP contribution in [-0.2, 0) is 6.54 Å². The molecule has 2 heterocycles. The van der Waals surface area contributed by atoms with E-state index < -0.39 is 0 Å². The van der Waals surface area contributed by atoms with Crippen molar-refractivity contribution in [2.75, 3.05) is 31.1 Å². The van der Waals surface area contributed by atoms with E-state index in [9.17, 15) is 4.39 Å². The SMILES string of the molecule is NCc1c(F)cccc1N1CCN2CCCC2C1. The molecule has 1 aromatic rings. The lowest BCUT2D eigenvalue weighted by Crippen LogP contribution is -2.50. The van der Waals surface area contributed by atoms with Gasteiger partial charge in [-0.25, -0.2) is 4.39 Å². The van der Waals surface area contributed by atoms with Crippen LogP contribution >= 0.6 is 0 Å². The monoisotopic (exact) mass is 249 g/mol. The Balaban J connectivity index is 1.84. The standard InChI is InChI=1S/C14H20FN3/c15-13-4-1-5-14(12(13)9-16)18-8-7-17-6-2-3-11(17)10-18/h1,4-5,11H,2-3,6-10,16H2. The molecule has 2 saturated heterocycles. The molecule has 98 valence electrons. The van der Waals surface area contributed by atoms with Crippen molar-refractivity contribution in [1.82, 2.24) is 4.90 Å². The number of nitrogens with two attached hydrogens (primary N) is 1. The first-order valence-corrected chi connectivity index (χ1v) is 6.76. The molecular formula is C14H20FN3. The molecule has 0 spiro atoms. The fraction of sp³-hybridized carbons (Fsp3) is 0.571. The molecule has 1 atom stereocenters. The number of anilines is 1. The third-order valence-corrected chi connectivity index (χ3v) is 4.23. The zero-order valence-corrected chi connectivity index (χ0v) is 10.6. The Morgan fingerprint density at radius 2 is 2.17 bits per heavy atom. The quantitative estimate of drug-likeness (QED) is 0.863. The maximum Gasteiger partial charge on any atom is 0.129 e. The van der Waals surface area contributed by atoms with Gasteiger partial charge < -0.3 is 10.6 Å². The Hall–Kier alpha value is -1.13. The van der Waals surface area contributed by atoms with Gasteiger partial charge in [-0.3, -0.25) is 4.90 Å². The molecule has 0 amide bonds. The van der Waals surface area contributed by atoms with E-state index in [1.807, 2.05) is 6.07 Å². The van der Waals surface area contributed by atoms with Gasteiger partial charge >= 0.3 is 0 Å². The van der Waals surface area contributed by atoms with Crippen LogP contribution in [0.15, 0.2) is 18.2 Å². The lowest BCUT2D eigenvalue weighted by atomic mass is 10.1. The Bertz CT molecular complexity index is 435. The minimum Gasteiger partial charge on any atom is -0.368 e. The van der Waals surface area contributed by atoms with Gasteiger partial charge in [0.25, 0.3) is 0 Å². The van der Waals surface area contributed by atoms with Crippen molar-refractivity contribution in [1.29, 1.82) is 0 Å². The van der Waals surface area contributed by atoms with E-state index in [1.54, 1.807) is 6.07 Å². The zero-order chi connectivity index (χ0) is 12.5. The van der Waals surface area contributed by atoms with E-state index in [4.69, 9.17) is 5.73 Å². The van der Waals surface area contributed by atoms with Crippen molar-refractivity contribution < 1.29 is 4.39 Å². The van der Waals surface area contributed by atoms with Crippen molar-refractivity contribution in [2.45, 2.75) is 25.4 Å². The Morgan fingerprint density at radius 3 is 3.00 bits per heavy atom. The molecule has 4 heteroatoms. The largest absolute Gasteiger partial charge is 0.368 e. The molecule has 0 bridgehead atoms. The highest BCUT2D eigenvalue weighted by molar-refractivity contribution is 5.54. The average Bonchev–Trinajstić information content (AvgIpc) is 2.85. The molecule has 2 aliphatic heterocycles. The molecule has 2 fully saturated rings. The molecule has 1 aromatic carbocycles. The lowest BCUT2D eigenvalue weighted by Gasteiger charge is -2.39. The predicted molar refractivity (Wildman–Crippen MR) is 71.1 cm³/mol. The van der Waals surface area contributed by atoms with E-state index >= 15 is 0 Å². The second-order valence-corrected chi connectivity index (χ2v) is 5.22. The van der Waals surface area contributed by atoms with Gasteiger partial charge in [-0.05, 0) is 31.5 Å². The summed E-state index contributed by atoms with van der Waals surface area (Å²) in [4.78, 5) is 4.86. The number of piperazine rings is 1. The molecule has 0 saturated carbocycles. The normalized spacial score (nSPS) is 24.3. The summed E-state index contributed by atoms with van der Waals surface area (Å²) in [7, 11) is 0. The number of hydrogen-bond acceptors (Lipinski definition) is 3. The summed E-state index contributed by atoms with van der Waals surface area (Å²) in [5, 5.41) is 0. The van der Waals surface area contributed by atoms with E-state index in [0.29, 0.717) is 11.6 Å². The van der Waals surface area contributed by atoms with Crippen molar-refractivity contribution in [3.8, 4) is 0 Å². The highest BCUT2D eigenvalue weighted by atomic mass is 19.1. The van der Waals surface area contributed by atoms with Crippen LogP contribution in [0.5, 0.6) is 0 Å². The number of hydrogen-bond donors (Lipinski definition) is 1. The smallest absolute Gasteiger partial charge is 0.129 e. The van der Waals surface area contributed by atoms with Gasteiger partial charge in [0, 0.05) is 43.5 Å². The summed E-state index contributed by atoms with van der Waals surface area (Å²) >= 11 is 0. The van der Waals surface area contributed by atoms with Crippen LogP contribution in [0.25, 0.3) is 0 Å². The first-order chi connectivity index (χ1) is 8.79. The minimum absolute atomic E-state index is 0.177. The second-order valence-electron chi connectivity index (χ2n) is 5.22. The Kier molecular flexibility index (Phi) is 3.22. The third-order valence-electron chi connectivity index (χ3n) is 4.23. The van der Waals surface area contributed by atoms with Gasteiger partial charge in [0.1, 0.15) is 5.82 Å². The number of fused-ring (bicyclic) bond motifs is 1. The highest BCUT2D eigenvalue weighted by Gasteiger charge is 2.31. The first kappa shape index (κ1) is 11.9. The van der Waals surface area contributed by atoms with Gasteiger partial charge in [-0.15, -0.1) is 0 Å². The molecule has 18 heavy (non-hydrogen) atoms. The van der Waals surface area contributed by atoms with E-state index in [-0.39, 0.29) is 12.4 Å².